The number of ether oxygens (including phenoxy) is 9. The zero-order chi connectivity index (χ0) is 40.7. The van der Waals surface area contributed by atoms with E-state index in [9.17, 15) is 19.8 Å². The number of fused-ring (bicyclic) bond motifs is 6. The summed E-state index contributed by atoms with van der Waals surface area (Å²) in [5, 5.41) is 24.1. The lowest BCUT2D eigenvalue weighted by Gasteiger charge is -2.47. The van der Waals surface area contributed by atoms with Gasteiger partial charge in [0.25, 0.3) is 0 Å². The van der Waals surface area contributed by atoms with E-state index in [1.54, 1.807) is 7.11 Å². The Bertz CT molecular complexity index is 1620. The predicted octanol–water partition coefficient (Wildman–Crippen LogP) is 3.37. The SMILES string of the molecule is C=C1C[C@@H]2CC[C@@]34C[C@H]5OC6[C@@H](O[C@H]7CC[C@H](CC(=O)C[C@@H]8[C@@H](OC)[C@@H](C[C@H](O)CNC(=O)[C@H](O)C9CC9)O[C@H]8C[C@H]8O[C@@H](CC[C@@H]1O2)C[C@@H](C)C8=C)O[C@@H]7[C@@H]6O3)[C@H]5O4. The molecule has 0 aromatic carbocycles. The number of carbonyl (C=O) groups is 2. The average molecular weight is 828 g/mol. The van der Waals surface area contributed by atoms with Crippen LogP contribution in [0.1, 0.15) is 103 Å². The van der Waals surface area contributed by atoms with Crippen LogP contribution in [-0.4, -0.2) is 145 Å². The predicted molar refractivity (Wildman–Crippen MR) is 209 cm³/mol. The lowest BCUT2D eigenvalue weighted by atomic mass is 9.81. The second-order valence-corrected chi connectivity index (χ2v) is 19.7. The molecule has 10 aliphatic heterocycles. The van der Waals surface area contributed by atoms with E-state index in [-0.39, 0.29) is 123 Å². The first-order valence-corrected chi connectivity index (χ1v) is 22.8. The fourth-order valence-corrected chi connectivity index (χ4v) is 12.2. The van der Waals surface area contributed by atoms with Crippen LogP contribution in [0.15, 0.2) is 24.3 Å². The van der Waals surface area contributed by atoms with Crippen molar-refractivity contribution in [1.82, 2.24) is 5.32 Å². The fraction of sp³-hybridized carbons (Fsp3) is 0.867. The van der Waals surface area contributed by atoms with Crippen molar-refractivity contribution >= 4 is 11.7 Å². The maximum Gasteiger partial charge on any atom is 0.249 e. The summed E-state index contributed by atoms with van der Waals surface area (Å²) < 4.78 is 60.3. The number of amides is 1. The van der Waals surface area contributed by atoms with Gasteiger partial charge in [0.2, 0.25) is 5.91 Å². The van der Waals surface area contributed by atoms with E-state index in [0.29, 0.717) is 25.7 Å². The van der Waals surface area contributed by atoms with E-state index < -0.39 is 42.2 Å². The maximum absolute atomic E-state index is 14.2. The van der Waals surface area contributed by atoms with Crippen LogP contribution in [0.3, 0.4) is 0 Å². The molecule has 12 bridgehead atoms. The number of rotatable bonds is 7. The molecule has 14 nitrogen and oxygen atoms in total. The first-order chi connectivity index (χ1) is 28.4. The number of hydrogen-bond acceptors (Lipinski definition) is 13. The molecule has 10 heterocycles. The van der Waals surface area contributed by atoms with Crippen molar-refractivity contribution in [1.29, 1.82) is 0 Å². The van der Waals surface area contributed by atoms with E-state index >= 15 is 0 Å². The zero-order valence-electron chi connectivity index (χ0n) is 34.7. The van der Waals surface area contributed by atoms with Crippen LogP contribution in [0.25, 0.3) is 0 Å². The Morgan fingerprint density at radius 1 is 0.797 bits per heavy atom. The molecule has 0 aromatic rings. The van der Waals surface area contributed by atoms with Crippen molar-refractivity contribution < 1.29 is 62.4 Å². The third-order valence-electron chi connectivity index (χ3n) is 15.6. The topological polar surface area (TPSA) is 170 Å². The van der Waals surface area contributed by atoms with Crippen molar-refractivity contribution in [2.24, 2.45) is 17.8 Å². The smallest absolute Gasteiger partial charge is 0.249 e. The summed E-state index contributed by atoms with van der Waals surface area (Å²) in [4.78, 5) is 26.8. The van der Waals surface area contributed by atoms with Crippen LogP contribution in [0.5, 0.6) is 0 Å². The number of ketones is 1. The number of aliphatic hydroxyl groups excluding tert-OH is 2. The Kier molecular flexibility index (Phi) is 11.4. The van der Waals surface area contributed by atoms with E-state index in [0.717, 1.165) is 62.5 Å². The molecule has 11 aliphatic rings. The van der Waals surface area contributed by atoms with Crippen molar-refractivity contribution in [2.45, 2.75) is 213 Å². The first-order valence-electron chi connectivity index (χ1n) is 22.8. The molecular weight excluding hydrogens is 762 g/mol. The highest BCUT2D eigenvalue weighted by Gasteiger charge is 2.68. The van der Waals surface area contributed by atoms with Gasteiger partial charge in [-0.3, -0.25) is 9.59 Å². The van der Waals surface area contributed by atoms with Crippen molar-refractivity contribution in [3.8, 4) is 0 Å². The van der Waals surface area contributed by atoms with Crippen LogP contribution in [0, 0.1) is 17.8 Å². The Balaban J connectivity index is 0.891. The first kappa shape index (κ1) is 41.2. The van der Waals surface area contributed by atoms with Gasteiger partial charge in [-0.2, -0.15) is 0 Å². The highest BCUT2D eigenvalue weighted by atomic mass is 16.8. The summed E-state index contributed by atoms with van der Waals surface area (Å²) >= 11 is 0. The molecule has 20 atom stereocenters. The lowest BCUT2D eigenvalue weighted by Crippen LogP contribution is -2.61. The molecule has 14 heteroatoms. The van der Waals surface area contributed by atoms with E-state index in [4.69, 9.17) is 42.6 Å². The molecule has 59 heavy (non-hydrogen) atoms. The van der Waals surface area contributed by atoms with Crippen LogP contribution in [-0.2, 0) is 52.2 Å². The molecule has 3 N–H and O–H groups in total. The molecule has 11 rings (SSSR count). The highest BCUT2D eigenvalue weighted by molar-refractivity contribution is 5.81. The summed E-state index contributed by atoms with van der Waals surface area (Å²) in [6, 6.07) is 0. The van der Waals surface area contributed by atoms with Gasteiger partial charge in [-0.15, -0.1) is 0 Å². The third-order valence-corrected chi connectivity index (χ3v) is 15.6. The van der Waals surface area contributed by atoms with Gasteiger partial charge in [-0.25, -0.2) is 0 Å². The fourth-order valence-electron chi connectivity index (χ4n) is 12.2. The summed E-state index contributed by atoms with van der Waals surface area (Å²) in [6.45, 7) is 11.1. The van der Waals surface area contributed by atoms with Gasteiger partial charge in [-0.1, -0.05) is 20.1 Å². The maximum atomic E-state index is 14.2. The van der Waals surface area contributed by atoms with Gasteiger partial charge in [-0.05, 0) is 80.8 Å². The van der Waals surface area contributed by atoms with Gasteiger partial charge in [0, 0.05) is 58.1 Å². The Morgan fingerprint density at radius 3 is 2.36 bits per heavy atom. The zero-order valence-corrected chi connectivity index (χ0v) is 34.7. The Morgan fingerprint density at radius 2 is 1.54 bits per heavy atom. The monoisotopic (exact) mass is 827 g/mol. The molecule has 1 spiro atoms. The van der Waals surface area contributed by atoms with Gasteiger partial charge in [0.15, 0.2) is 5.79 Å². The summed E-state index contributed by atoms with van der Waals surface area (Å²) in [5.41, 5.74) is 2.13. The van der Waals surface area contributed by atoms with Crippen LogP contribution >= 0.6 is 0 Å². The normalized spacial score (nSPS) is 49.3. The van der Waals surface area contributed by atoms with E-state index in [1.807, 2.05) is 0 Å². The standard InChI is InChI=1S/C45H65NO13/c1-21-13-27-7-9-31-22(2)14-29(52-31)11-12-45-19-36-40(58-45)41-42(57-36)43(59-45)39-32(56-41)10-8-28(54-39)15-25(47)16-30-34(18-33(53-27)23(21)3)55-35(38(30)51-4)17-26(48)20-46-44(50)37(49)24-5-6-24/h21,24,26-43,48-49H,2-3,5-20H2,1,4H3,(H,46,50)/t21-,26+,27+,28-,29+,30+,31+,32+,33-,34+,35-,36-,37-,38-,39+,40+,41+,42?,43+,45+/m1/s1. The van der Waals surface area contributed by atoms with Gasteiger partial charge < -0.3 is 58.2 Å². The molecule has 0 aromatic heterocycles. The number of aliphatic hydroxyl groups is 2. The van der Waals surface area contributed by atoms with Crippen LogP contribution in [0.4, 0.5) is 0 Å². The number of methoxy groups -OCH3 is 1. The number of hydrogen-bond donors (Lipinski definition) is 3. The Hall–Kier alpha value is -1.82. The van der Waals surface area contributed by atoms with E-state index in [2.05, 4.69) is 25.4 Å². The number of carbonyl (C=O) groups excluding carboxylic acids is 2. The van der Waals surface area contributed by atoms with Gasteiger partial charge in [0.1, 0.15) is 42.4 Å². The second-order valence-electron chi connectivity index (χ2n) is 19.7. The third kappa shape index (κ3) is 8.04. The lowest BCUT2D eigenvalue weighted by molar-refractivity contribution is -0.292. The molecule has 10 saturated heterocycles. The molecule has 1 saturated carbocycles. The molecule has 1 aliphatic carbocycles. The highest BCUT2D eigenvalue weighted by Crippen LogP contribution is 2.54. The minimum atomic E-state index is -1.06. The summed E-state index contributed by atoms with van der Waals surface area (Å²) in [6.07, 6.45) is 3.85. The molecule has 1 unspecified atom stereocenters. The summed E-state index contributed by atoms with van der Waals surface area (Å²) in [7, 11) is 1.62. The number of nitrogens with one attached hydrogen (secondary N) is 1. The van der Waals surface area contributed by atoms with Crippen molar-refractivity contribution in [3.05, 3.63) is 24.3 Å². The second kappa shape index (κ2) is 16.4. The van der Waals surface area contributed by atoms with E-state index in [1.165, 1.54) is 0 Å². The largest absolute Gasteiger partial charge is 0.391 e. The quantitative estimate of drug-likeness (QED) is 0.320. The summed E-state index contributed by atoms with van der Waals surface area (Å²) in [5.74, 6) is -1.32. The number of Topliss-reactive ketones (excluding diaryl/α,β-unsaturated/α-hetero) is 1. The van der Waals surface area contributed by atoms with Gasteiger partial charge in [0.05, 0.1) is 67.1 Å². The van der Waals surface area contributed by atoms with Crippen molar-refractivity contribution in [3.63, 3.8) is 0 Å². The van der Waals surface area contributed by atoms with Gasteiger partial charge >= 0.3 is 0 Å². The Labute approximate surface area is 347 Å². The van der Waals surface area contributed by atoms with Crippen LogP contribution < -0.4 is 5.32 Å². The molecule has 328 valence electrons. The molecule has 1 amide bonds. The average Bonchev–Trinajstić information content (AvgIpc) is 3.76. The molecule has 11 fully saturated rings. The minimum Gasteiger partial charge on any atom is -0.391 e. The van der Waals surface area contributed by atoms with Crippen LogP contribution in [0.2, 0.25) is 0 Å². The minimum absolute atomic E-state index is 0.00359. The molecular formula is C45H65NO13. The molecule has 0 radical (unpaired) electrons. The van der Waals surface area contributed by atoms with Crippen molar-refractivity contribution in [2.75, 3.05) is 13.7 Å².